The molecule has 18 heavy (non-hydrogen) atoms. The van der Waals surface area contributed by atoms with Crippen LogP contribution in [-0.4, -0.2) is 50.5 Å². The van der Waals surface area contributed by atoms with Crippen molar-refractivity contribution in [2.45, 2.75) is 26.2 Å². The molecule has 0 fully saturated rings. The van der Waals surface area contributed by atoms with Gasteiger partial charge in [0.15, 0.2) is 0 Å². The van der Waals surface area contributed by atoms with Gasteiger partial charge in [0.1, 0.15) is 6.61 Å². The lowest BCUT2D eigenvalue weighted by Gasteiger charge is -2.07. The van der Waals surface area contributed by atoms with Crippen molar-refractivity contribution in [2.75, 3.05) is 33.5 Å². The molecule has 106 valence electrons. The molecular weight excluding hydrogens is 238 g/mol. The Balaban J connectivity index is 3.32. The fourth-order valence-corrected chi connectivity index (χ4v) is 1.28. The van der Waals surface area contributed by atoms with Crippen LogP contribution in [-0.2, 0) is 19.1 Å². The molecule has 0 aliphatic rings. The van der Waals surface area contributed by atoms with Gasteiger partial charge >= 0.3 is 5.97 Å². The Morgan fingerprint density at radius 1 is 1.28 bits per heavy atom. The topological polar surface area (TPSA) is 84.9 Å². The van der Waals surface area contributed by atoms with E-state index in [9.17, 15) is 9.59 Å². The maximum Gasteiger partial charge on any atom is 0.306 e. The van der Waals surface area contributed by atoms with E-state index in [4.69, 9.17) is 14.6 Å². The van der Waals surface area contributed by atoms with Gasteiger partial charge in [0, 0.05) is 13.7 Å². The van der Waals surface area contributed by atoms with E-state index >= 15 is 0 Å². The number of carboxylic acid groups (broad SMARTS) is 1. The lowest BCUT2D eigenvalue weighted by Crippen LogP contribution is -2.29. The van der Waals surface area contributed by atoms with Crippen molar-refractivity contribution in [3.05, 3.63) is 0 Å². The molecule has 1 atom stereocenters. The van der Waals surface area contributed by atoms with E-state index in [1.54, 1.807) is 14.0 Å². The minimum Gasteiger partial charge on any atom is -0.481 e. The minimum atomic E-state index is -0.773. The van der Waals surface area contributed by atoms with Gasteiger partial charge in [-0.2, -0.15) is 0 Å². The largest absolute Gasteiger partial charge is 0.481 e. The van der Waals surface area contributed by atoms with Crippen molar-refractivity contribution in [2.24, 2.45) is 5.92 Å². The number of carboxylic acids is 1. The van der Waals surface area contributed by atoms with Crippen LogP contribution in [0.1, 0.15) is 26.2 Å². The highest BCUT2D eigenvalue weighted by Crippen LogP contribution is 2.06. The quantitative estimate of drug-likeness (QED) is 0.534. The molecule has 0 bridgehead atoms. The lowest BCUT2D eigenvalue weighted by atomic mass is 10.0. The van der Waals surface area contributed by atoms with Crippen molar-refractivity contribution < 1.29 is 24.2 Å². The van der Waals surface area contributed by atoms with E-state index in [1.807, 2.05) is 0 Å². The summed E-state index contributed by atoms with van der Waals surface area (Å²) in [4.78, 5) is 21.8. The third-order valence-corrected chi connectivity index (χ3v) is 2.47. The predicted molar refractivity (Wildman–Crippen MR) is 66.4 cm³/mol. The van der Waals surface area contributed by atoms with Gasteiger partial charge < -0.3 is 19.9 Å². The second-order valence-electron chi connectivity index (χ2n) is 4.13. The average molecular weight is 261 g/mol. The Kier molecular flexibility index (Phi) is 10.3. The van der Waals surface area contributed by atoms with Crippen LogP contribution in [0.15, 0.2) is 0 Å². The number of hydrogen-bond donors (Lipinski definition) is 2. The first kappa shape index (κ1) is 16.9. The van der Waals surface area contributed by atoms with Crippen LogP contribution in [0.2, 0.25) is 0 Å². The number of carbonyl (C=O) groups excluding carboxylic acids is 1. The number of ether oxygens (including phenoxy) is 2. The van der Waals surface area contributed by atoms with E-state index in [-0.39, 0.29) is 18.4 Å². The standard InChI is InChI=1S/C12H23NO5/c1-10(12(15)16)5-3-4-6-13-11(14)9-18-8-7-17-2/h10H,3-9H2,1-2H3,(H,13,14)(H,15,16). The van der Waals surface area contributed by atoms with E-state index < -0.39 is 5.97 Å². The minimum absolute atomic E-state index is 0.0366. The van der Waals surface area contributed by atoms with Gasteiger partial charge in [-0.3, -0.25) is 9.59 Å². The van der Waals surface area contributed by atoms with Crippen molar-refractivity contribution in [1.82, 2.24) is 5.32 Å². The summed E-state index contributed by atoms with van der Waals surface area (Å²) in [6.45, 7) is 3.15. The first-order valence-electron chi connectivity index (χ1n) is 6.14. The zero-order chi connectivity index (χ0) is 13.8. The Labute approximate surface area is 108 Å². The molecule has 6 heteroatoms. The Hall–Kier alpha value is -1.14. The van der Waals surface area contributed by atoms with Gasteiger partial charge in [0.05, 0.1) is 19.1 Å². The molecular formula is C12H23NO5. The normalized spacial score (nSPS) is 12.1. The lowest BCUT2D eigenvalue weighted by molar-refractivity contribution is -0.141. The van der Waals surface area contributed by atoms with E-state index in [1.165, 1.54) is 0 Å². The molecule has 0 spiro atoms. The van der Waals surface area contributed by atoms with E-state index in [0.29, 0.717) is 26.2 Å². The number of methoxy groups -OCH3 is 1. The molecule has 1 unspecified atom stereocenters. The molecule has 0 aliphatic carbocycles. The number of hydrogen-bond acceptors (Lipinski definition) is 4. The van der Waals surface area contributed by atoms with Gasteiger partial charge in [-0.25, -0.2) is 0 Å². The average Bonchev–Trinajstić information content (AvgIpc) is 2.33. The number of rotatable bonds is 11. The SMILES string of the molecule is COCCOCC(=O)NCCCCC(C)C(=O)O. The highest BCUT2D eigenvalue weighted by molar-refractivity contribution is 5.77. The molecule has 1 amide bonds. The molecule has 0 saturated heterocycles. The van der Waals surface area contributed by atoms with E-state index in [0.717, 1.165) is 12.8 Å². The Morgan fingerprint density at radius 3 is 2.61 bits per heavy atom. The van der Waals surface area contributed by atoms with Crippen LogP contribution in [0, 0.1) is 5.92 Å². The molecule has 0 rings (SSSR count). The van der Waals surface area contributed by atoms with Gasteiger partial charge in [-0.15, -0.1) is 0 Å². The van der Waals surface area contributed by atoms with Crippen LogP contribution in [0.4, 0.5) is 0 Å². The van der Waals surface area contributed by atoms with Gasteiger partial charge in [-0.05, 0) is 12.8 Å². The van der Waals surface area contributed by atoms with Crippen LogP contribution in [0.3, 0.4) is 0 Å². The molecule has 0 heterocycles. The van der Waals surface area contributed by atoms with Crippen molar-refractivity contribution in [1.29, 1.82) is 0 Å². The molecule has 0 aromatic heterocycles. The summed E-state index contributed by atoms with van der Waals surface area (Å²) in [5, 5.41) is 11.4. The maximum atomic E-state index is 11.2. The number of carbonyl (C=O) groups is 2. The van der Waals surface area contributed by atoms with Crippen LogP contribution in [0.5, 0.6) is 0 Å². The van der Waals surface area contributed by atoms with Crippen LogP contribution >= 0.6 is 0 Å². The van der Waals surface area contributed by atoms with Gasteiger partial charge in [-0.1, -0.05) is 13.3 Å². The summed E-state index contributed by atoms with van der Waals surface area (Å²) in [7, 11) is 1.57. The third kappa shape index (κ3) is 10.0. The zero-order valence-electron chi connectivity index (χ0n) is 11.1. The fraction of sp³-hybridized carbons (Fsp3) is 0.833. The second-order valence-corrected chi connectivity index (χ2v) is 4.13. The third-order valence-electron chi connectivity index (χ3n) is 2.47. The summed E-state index contributed by atoms with van der Waals surface area (Å²) in [5.41, 5.74) is 0. The Bertz CT molecular complexity index is 245. The first-order chi connectivity index (χ1) is 8.57. The summed E-state index contributed by atoms with van der Waals surface area (Å²) in [5.74, 6) is -1.25. The van der Waals surface area contributed by atoms with Gasteiger partial charge in [0.2, 0.25) is 5.91 Å². The number of amides is 1. The molecule has 0 aromatic carbocycles. The fourth-order valence-electron chi connectivity index (χ4n) is 1.28. The number of aliphatic carboxylic acids is 1. The maximum absolute atomic E-state index is 11.2. The van der Waals surface area contributed by atoms with Crippen LogP contribution < -0.4 is 5.32 Å². The van der Waals surface area contributed by atoms with Crippen LogP contribution in [0.25, 0.3) is 0 Å². The van der Waals surface area contributed by atoms with Gasteiger partial charge in [0.25, 0.3) is 0 Å². The first-order valence-corrected chi connectivity index (χ1v) is 6.14. The monoisotopic (exact) mass is 261 g/mol. The molecule has 6 nitrogen and oxygen atoms in total. The molecule has 0 aromatic rings. The second kappa shape index (κ2) is 11.0. The van der Waals surface area contributed by atoms with E-state index in [2.05, 4.69) is 5.32 Å². The zero-order valence-corrected chi connectivity index (χ0v) is 11.1. The summed E-state index contributed by atoms with van der Waals surface area (Å²) in [6, 6.07) is 0. The summed E-state index contributed by atoms with van der Waals surface area (Å²) in [6.07, 6.45) is 2.20. The highest BCUT2D eigenvalue weighted by Gasteiger charge is 2.09. The summed E-state index contributed by atoms with van der Waals surface area (Å²) >= 11 is 0. The van der Waals surface area contributed by atoms with Crippen molar-refractivity contribution >= 4 is 11.9 Å². The Morgan fingerprint density at radius 2 is 2.00 bits per heavy atom. The molecule has 0 radical (unpaired) electrons. The predicted octanol–water partition coefficient (Wildman–Crippen LogP) is 0.657. The number of nitrogens with one attached hydrogen (secondary N) is 1. The highest BCUT2D eigenvalue weighted by atomic mass is 16.5. The van der Waals surface area contributed by atoms with Crippen molar-refractivity contribution in [3.8, 4) is 0 Å². The molecule has 0 aliphatic heterocycles. The van der Waals surface area contributed by atoms with Crippen molar-refractivity contribution in [3.63, 3.8) is 0 Å². The molecule has 0 saturated carbocycles. The number of unbranched alkanes of at least 4 members (excludes halogenated alkanes) is 1. The molecule has 2 N–H and O–H groups in total. The summed E-state index contributed by atoms with van der Waals surface area (Å²) < 4.78 is 9.82. The smallest absolute Gasteiger partial charge is 0.306 e.